The Morgan fingerprint density at radius 1 is 1.21 bits per heavy atom. The van der Waals surface area contributed by atoms with Crippen molar-refractivity contribution in [2.45, 2.75) is 32.2 Å². The Hall–Kier alpha value is -1.86. The summed E-state index contributed by atoms with van der Waals surface area (Å²) in [6, 6.07) is 9.41. The molecule has 2 aromatic rings. The Bertz CT molecular complexity index is 614. The fraction of sp³-hybridized carbons (Fsp3) is 0.357. The molecular formula is C14H15ClN4. The summed E-state index contributed by atoms with van der Waals surface area (Å²) in [6.07, 6.45) is 0. The summed E-state index contributed by atoms with van der Waals surface area (Å²) in [6.45, 7) is 6.25. The first kappa shape index (κ1) is 13.6. The monoisotopic (exact) mass is 274 g/mol. The normalized spacial score (nSPS) is 11.3. The summed E-state index contributed by atoms with van der Waals surface area (Å²) in [5, 5.41) is 17.2. The number of halogens is 1. The minimum absolute atomic E-state index is 0.156. The van der Waals surface area contributed by atoms with Gasteiger partial charge in [-0.3, -0.25) is 0 Å². The minimum atomic E-state index is -0.156. The molecule has 0 bridgehead atoms. The summed E-state index contributed by atoms with van der Waals surface area (Å²) in [5.41, 5.74) is 1.40. The maximum Gasteiger partial charge on any atom is 0.164 e. The highest BCUT2D eigenvalue weighted by Gasteiger charge is 2.23. The van der Waals surface area contributed by atoms with Gasteiger partial charge in [0, 0.05) is 11.1 Å². The van der Waals surface area contributed by atoms with Gasteiger partial charge in [-0.2, -0.15) is 5.26 Å². The van der Waals surface area contributed by atoms with E-state index in [4.69, 9.17) is 16.9 Å². The molecule has 0 unspecified atom stereocenters. The average Bonchev–Trinajstić information content (AvgIpc) is 2.82. The minimum Gasteiger partial charge on any atom is -0.305 e. The first-order valence-electron chi connectivity index (χ1n) is 5.98. The third-order valence-electron chi connectivity index (χ3n) is 2.79. The fourth-order valence-electron chi connectivity index (χ4n) is 1.99. The highest BCUT2D eigenvalue weighted by molar-refractivity contribution is 6.16. The van der Waals surface area contributed by atoms with Crippen LogP contribution in [0.5, 0.6) is 0 Å². The Morgan fingerprint density at radius 2 is 1.84 bits per heavy atom. The molecule has 98 valence electrons. The number of benzene rings is 1. The number of hydrogen-bond acceptors (Lipinski definition) is 3. The Labute approximate surface area is 117 Å². The van der Waals surface area contributed by atoms with E-state index in [1.54, 1.807) is 12.1 Å². The molecule has 0 amide bonds. The number of alkyl halides is 1. The predicted octanol–water partition coefficient (Wildman–Crippen LogP) is 3.31. The highest BCUT2D eigenvalue weighted by Crippen LogP contribution is 2.26. The quantitative estimate of drug-likeness (QED) is 0.790. The molecule has 1 aromatic carbocycles. The fourth-order valence-corrected chi connectivity index (χ4v) is 2.16. The molecule has 1 heterocycles. The number of nitrogens with zero attached hydrogens (tertiary/aromatic N) is 4. The van der Waals surface area contributed by atoms with Crippen LogP contribution in [0.1, 0.15) is 32.2 Å². The number of rotatable bonds is 2. The summed E-state index contributed by atoms with van der Waals surface area (Å²) < 4.78 is 2.03. The van der Waals surface area contributed by atoms with E-state index < -0.39 is 0 Å². The van der Waals surface area contributed by atoms with Crippen LogP contribution >= 0.6 is 11.6 Å². The van der Waals surface area contributed by atoms with E-state index in [-0.39, 0.29) is 5.54 Å². The molecule has 0 spiro atoms. The van der Waals surface area contributed by atoms with E-state index in [1.807, 2.05) is 16.7 Å². The van der Waals surface area contributed by atoms with Crippen molar-refractivity contribution in [2.24, 2.45) is 0 Å². The van der Waals surface area contributed by atoms with E-state index in [9.17, 15) is 0 Å². The molecule has 0 N–H and O–H groups in total. The third-order valence-corrected chi connectivity index (χ3v) is 3.03. The summed E-state index contributed by atoms with van der Waals surface area (Å²) >= 11 is 5.92. The Kier molecular flexibility index (Phi) is 3.59. The second kappa shape index (κ2) is 5.02. The van der Waals surface area contributed by atoms with Gasteiger partial charge in [-0.25, -0.2) is 0 Å². The first-order chi connectivity index (χ1) is 8.97. The summed E-state index contributed by atoms with van der Waals surface area (Å²) in [4.78, 5) is 0. The van der Waals surface area contributed by atoms with E-state index in [0.717, 1.165) is 17.2 Å². The van der Waals surface area contributed by atoms with Crippen LogP contribution in [0.2, 0.25) is 0 Å². The lowest BCUT2D eigenvalue weighted by molar-refractivity contribution is 0.390. The van der Waals surface area contributed by atoms with E-state index in [1.165, 1.54) is 0 Å². The Morgan fingerprint density at radius 3 is 2.32 bits per heavy atom. The molecule has 0 atom stereocenters. The van der Waals surface area contributed by atoms with Crippen molar-refractivity contribution in [3.63, 3.8) is 0 Å². The van der Waals surface area contributed by atoms with Crippen LogP contribution in [-0.4, -0.2) is 14.8 Å². The molecule has 2 rings (SSSR count). The Balaban J connectivity index is 2.56. The molecule has 5 heteroatoms. The van der Waals surface area contributed by atoms with Crippen molar-refractivity contribution < 1.29 is 0 Å². The SMILES string of the molecule is CC(C)(C)n1c(CCl)nnc1-c1ccc(C#N)cc1. The molecule has 0 fully saturated rings. The van der Waals surface area contributed by atoms with Gasteiger partial charge < -0.3 is 4.57 Å². The van der Waals surface area contributed by atoms with Gasteiger partial charge in [-0.1, -0.05) is 0 Å². The molecule has 4 nitrogen and oxygen atoms in total. The van der Waals surface area contributed by atoms with Crippen LogP contribution in [0, 0.1) is 11.3 Å². The van der Waals surface area contributed by atoms with Crippen molar-refractivity contribution in [3.05, 3.63) is 35.7 Å². The molecule has 0 saturated carbocycles. The lowest BCUT2D eigenvalue weighted by Gasteiger charge is -2.24. The predicted molar refractivity (Wildman–Crippen MR) is 74.7 cm³/mol. The van der Waals surface area contributed by atoms with Crippen LogP contribution in [-0.2, 0) is 11.4 Å². The number of aromatic nitrogens is 3. The number of hydrogen-bond donors (Lipinski definition) is 0. The lowest BCUT2D eigenvalue weighted by Crippen LogP contribution is -2.24. The second-order valence-corrected chi connectivity index (χ2v) is 5.54. The van der Waals surface area contributed by atoms with E-state index in [2.05, 4.69) is 37.0 Å². The zero-order valence-corrected chi connectivity index (χ0v) is 11.9. The standard InChI is InChI=1S/C14H15ClN4/c1-14(2,3)19-12(8-15)17-18-13(19)11-6-4-10(9-16)5-7-11/h4-7H,8H2,1-3H3. The average molecular weight is 275 g/mol. The van der Waals surface area contributed by atoms with Crippen LogP contribution in [0.3, 0.4) is 0 Å². The van der Waals surface area contributed by atoms with Gasteiger partial charge in [0.2, 0.25) is 0 Å². The number of nitriles is 1. The zero-order chi connectivity index (χ0) is 14.0. The van der Waals surface area contributed by atoms with Gasteiger partial charge in [0.25, 0.3) is 0 Å². The molecule has 0 saturated heterocycles. The lowest BCUT2D eigenvalue weighted by atomic mass is 10.1. The van der Waals surface area contributed by atoms with Crippen LogP contribution < -0.4 is 0 Å². The molecular weight excluding hydrogens is 260 g/mol. The van der Waals surface area contributed by atoms with Crippen molar-refractivity contribution >= 4 is 11.6 Å². The molecule has 0 aliphatic rings. The maximum atomic E-state index is 8.82. The van der Waals surface area contributed by atoms with Gasteiger partial charge >= 0.3 is 0 Å². The summed E-state index contributed by atoms with van der Waals surface area (Å²) in [7, 11) is 0. The van der Waals surface area contributed by atoms with Crippen LogP contribution in [0.25, 0.3) is 11.4 Å². The molecule has 0 aliphatic carbocycles. The first-order valence-corrected chi connectivity index (χ1v) is 6.52. The van der Waals surface area contributed by atoms with E-state index >= 15 is 0 Å². The largest absolute Gasteiger partial charge is 0.305 e. The van der Waals surface area contributed by atoms with Crippen LogP contribution in [0.4, 0.5) is 0 Å². The van der Waals surface area contributed by atoms with Gasteiger partial charge in [-0.15, -0.1) is 21.8 Å². The van der Waals surface area contributed by atoms with Gasteiger partial charge in [0.1, 0.15) is 5.82 Å². The maximum absolute atomic E-state index is 8.82. The topological polar surface area (TPSA) is 54.5 Å². The van der Waals surface area contributed by atoms with E-state index in [0.29, 0.717) is 11.4 Å². The van der Waals surface area contributed by atoms with Crippen molar-refractivity contribution in [3.8, 4) is 17.5 Å². The van der Waals surface area contributed by atoms with Gasteiger partial charge in [-0.05, 0) is 45.0 Å². The molecule has 0 aliphatic heterocycles. The summed E-state index contributed by atoms with van der Waals surface area (Å²) in [5.74, 6) is 1.83. The molecule has 0 radical (unpaired) electrons. The zero-order valence-electron chi connectivity index (χ0n) is 11.2. The highest BCUT2D eigenvalue weighted by atomic mass is 35.5. The van der Waals surface area contributed by atoms with Crippen molar-refractivity contribution in [2.75, 3.05) is 0 Å². The van der Waals surface area contributed by atoms with Crippen molar-refractivity contribution in [1.82, 2.24) is 14.8 Å². The van der Waals surface area contributed by atoms with Gasteiger partial charge in [0.15, 0.2) is 5.82 Å². The molecule has 19 heavy (non-hydrogen) atoms. The third kappa shape index (κ3) is 2.61. The second-order valence-electron chi connectivity index (χ2n) is 5.27. The van der Waals surface area contributed by atoms with Gasteiger partial charge in [0.05, 0.1) is 17.5 Å². The smallest absolute Gasteiger partial charge is 0.164 e. The van der Waals surface area contributed by atoms with Crippen LogP contribution in [0.15, 0.2) is 24.3 Å². The van der Waals surface area contributed by atoms with Crippen molar-refractivity contribution in [1.29, 1.82) is 5.26 Å². The molecule has 1 aromatic heterocycles.